The average molecular weight is 276 g/mol. The predicted octanol–water partition coefficient (Wildman–Crippen LogP) is 3.78. The second-order valence-corrected chi connectivity index (χ2v) is 4.99. The first-order valence-corrected chi connectivity index (χ1v) is 6.84. The van der Waals surface area contributed by atoms with Crippen molar-refractivity contribution < 1.29 is 4.39 Å². The lowest BCUT2D eigenvalue weighted by Crippen LogP contribution is -1.84. The molecule has 1 aromatic carbocycles. The Hall–Kier alpha value is -1.53. The number of rotatable bonds is 2. The third-order valence-electron chi connectivity index (χ3n) is 2.48. The SMILES string of the molecule is [CH2]Sc1ncnc2c(-c3ccc(F)cc3)nsc12. The number of benzene rings is 1. The summed E-state index contributed by atoms with van der Waals surface area (Å²) in [6.07, 6.45) is 5.25. The molecule has 1 radical (unpaired) electrons. The maximum absolute atomic E-state index is 12.9. The molecule has 0 bridgehead atoms. The van der Waals surface area contributed by atoms with Crippen molar-refractivity contribution in [3.8, 4) is 11.3 Å². The molecule has 0 aliphatic heterocycles. The van der Waals surface area contributed by atoms with E-state index in [-0.39, 0.29) is 5.82 Å². The molecule has 0 saturated heterocycles. The van der Waals surface area contributed by atoms with Crippen LogP contribution in [0.3, 0.4) is 0 Å². The van der Waals surface area contributed by atoms with Crippen LogP contribution in [0.15, 0.2) is 35.6 Å². The van der Waals surface area contributed by atoms with Gasteiger partial charge in [-0.05, 0) is 35.8 Å². The molecule has 0 aliphatic rings. The van der Waals surface area contributed by atoms with Crippen molar-refractivity contribution in [1.29, 1.82) is 0 Å². The molecule has 89 valence electrons. The largest absolute Gasteiger partial charge is 0.233 e. The zero-order valence-electron chi connectivity index (χ0n) is 9.13. The topological polar surface area (TPSA) is 38.7 Å². The van der Waals surface area contributed by atoms with Gasteiger partial charge in [0.15, 0.2) is 0 Å². The molecule has 6 heteroatoms. The first-order valence-electron chi connectivity index (χ1n) is 5.08. The number of aromatic nitrogens is 3. The summed E-state index contributed by atoms with van der Waals surface area (Å²) >= 11 is 2.65. The zero-order chi connectivity index (χ0) is 12.5. The van der Waals surface area contributed by atoms with Crippen LogP contribution in [0.4, 0.5) is 4.39 Å². The van der Waals surface area contributed by atoms with E-state index in [1.54, 1.807) is 12.1 Å². The van der Waals surface area contributed by atoms with Gasteiger partial charge in [0, 0.05) is 11.8 Å². The van der Waals surface area contributed by atoms with Crippen LogP contribution < -0.4 is 0 Å². The maximum atomic E-state index is 12.9. The van der Waals surface area contributed by atoms with Crippen molar-refractivity contribution in [3.63, 3.8) is 0 Å². The fraction of sp³-hybridized carbons (Fsp3) is 0. The van der Waals surface area contributed by atoms with Gasteiger partial charge in [0.05, 0.1) is 0 Å². The van der Waals surface area contributed by atoms with Gasteiger partial charge in [0.2, 0.25) is 0 Å². The van der Waals surface area contributed by atoms with Crippen LogP contribution in [0.1, 0.15) is 0 Å². The van der Waals surface area contributed by atoms with E-state index in [9.17, 15) is 4.39 Å². The molecule has 0 aliphatic carbocycles. The van der Waals surface area contributed by atoms with Crippen molar-refractivity contribution in [3.05, 3.63) is 42.7 Å². The van der Waals surface area contributed by atoms with Crippen LogP contribution in [0.2, 0.25) is 0 Å². The summed E-state index contributed by atoms with van der Waals surface area (Å²) in [5.74, 6) is -0.262. The number of halogens is 1. The van der Waals surface area contributed by atoms with Crippen LogP contribution >= 0.6 is 23.3 Å². The van der Waals surface area contributed by atoms with Gasteiger partial charge in [-0.2, -0.15) is 4.37 Å². The van der Waals surface area contributed by atoms with Gasteiger partial charge < -0.3 is 0 Å². The minimum absolute atomic E-state index is 0.262. The highest BCUT2D eigenvalue weighted by atomic mass is 32.2. The summed E-state index contributed by atoms with van der Waals surface area (Å²) in [4.78, 5) is 8.40. The normalized spacial score (nSPS) is 11.0. The quantitative estimate of drug-likeness (QED) is 0.527. The number of thioether (sulfide) groups is 1. The Bertz CT molecular complexity index is 694. The molecule has 0 spiro atoms. The smallest absolute Gasteiger partial charge is 0.123 e. The fourth-order valence-electron chi connectivity index (χ4n) is 1.64. The van der Waals surface area contributed by atoms with Crippen LogP contribution in [0.5, 0.6) is 0 Å². The third-order valence-corrected chi connectivity index (χ3v) is 4.03. The van der Waals surface area contributed by atoms with Gasteiger partial charge in [-0.25, -0.2) is 14.4 Å². The first-order chi connectivity index (χ1) is 8.79. The average Bonchev–Trinajstić information content (AvgIpc) is 2.83. The lowest BCUT2D eigenvalue weighted by molar-refractivity contribution is 0.628. The fourth-order valence-corrected chi connectivity index (χ4v) is 3.02. The van der Waals surface area contributed by atoms with Crippen molar-refractivity contribution in [2.75, 3.05) is 0 Å². The molecule has 0 fully saturated rings. The maximum Gasteiger partial charge on any atom is 0.123 e. The molecule has 2 heterocycles. The number of hydrogen-bond acceptors (Lipinski definition) is 5. The Labute approximate surface area is 111 Å². The number of hydrogen-bond donors (Lipinski definition) is 0. The van der Waals surface area contributed by atoms with Gasteiger partial charge in [-0.3, -0.25) is 0 Å². The molecular weight excluding hydrogens is 269 g/mol. The summed E-state index contributed by atoms with van der Waals surface area (Å²) in [5.41, 5.74) is 2.39. The molecule has 0 unspecified atom stereocenters. The standard InChI is InChI=1S/C12H7FN3S2/c1-17-12-11-10(14-6-15-12)9(16-18-11)7-2-4-8(13)5-3-7/h2-6H,1H2. The summed E-state index contributed by atoms with van der Waals surface area (Å²) in [7, 11) is 0. The van der Waals surface area contributed by atoms with Crippen molar-refractivity contribution >= 4 is 33.5 Å². The second kappa shape index (κ2) is 4.62. The Kier molecular flexibility index (Phi) is 2.97. The van der Waals surface area contributed by atoms with Crippen molar-refractivity contribution in [2.24, 2.45) is 0 Å². The van der Waals surface area contributed by atoms with Crippen LogP contribution in [0.25, 0.3) is 21.5 Å². The highest BCUT2D eigenvalue weighted by Gasteiger charge is 2.13. The number of nitrogens with zero attached hydrogens (tertiary/aromatic N) is 3. The van der Waals surface area contributed by atoms with E-state index in [0.717, 1.165) is 26.5 Å². The van der Waals surface area contributed by atoms with E-state index in [1.807, 2.05) is 0 Å². The van der Waals surface area contributed by atoms with E-state index >= 15 is 0 Å². The summed E-state index contributed by atoms with van der Waals surface area (Å²) < 4.78 is 18.2. The zero-order valence-corrected chi connectivity index (χ0v) is 10.8. The Morgan fingerprint density at radius 2 is 1.94 bits per heavy atom. The van der Waals surface area contributed by atoms with Gasteiger partial charge in [0.25, 0.3) is 0 Å². The highest BCUT2D eigenvalue weighted by molar-refractivity contribution is 8.00. The molecule has 0 saturated carbocycles. The van der Waals surface area contributed by atoms with Gasteiger partial charge in [0.1, 0.15) is 33.1 Å². The summed E-state index contributed by atoms with van der Waals surface area (Å²) in [6, 6.07) is 6.23. The van der Waals surface area contributed by atoms with Gasteiger partial charge in [-0.1, -0.05) is 0 Å². The van der Waals surface area contributed by atoms with Gasteiger partial charge in [-0.15, -0.1) is 11.8 Å². The van der Waals surface area contributed by atoms with E-state index in [2.05, 4.69) is 20.6 Å². The van der Waals surface area contributed by atoms with Gasteiger partial charge >= 0.3 is 0 Å². The van der Waals surface area contributed by atoms with Crippen molar-refractivity contribution in [1.82, 2.24) is 14.3 Å². The molecule has 3 aromatic rings. The van der Waals surface area contributed by atoms with Crippen LogP contribution in [-0.2, 0) is 0 Å². The van der Waals surface area contributed by atoms with Crippen molar-refractivity contribution in [2.45, 2.75) is 5.03 Å². The third kappa shape index (κ3) is 1.87. The molecule has 2 aromatic heterocycles. The predicted molar refractivity (Wildman–Crippen MR) is 71.8 cm³/mol. The summed E-state index contributed by atoms with van der Waals surface area (Å²) in [6.45, 7) is 0. The Balaban J connectivity index is 2.21. The van der Waals surface area contributed by atoms with E-state index in [1.165, 1.54) is 41.8 Å². The number of fused-ring (bicyclic) bond motifs is 1. The lowest BCUT2D eigenvalue weighted by Gasteiger charge is -1.98. The molecule has 3 nitrogen and oxygen atoms in total. The van der Waals surface area contributed by atoms with Crippen LogP contribution in [-0.4, -0.2) is 14.3 Å². The lowest BCUT2D eigenvalue weighted by atomic mass is 10.1. The first kappa shape index (κ1) is 11.6. The van der Waals surface area contributed by atoms with Crippen LogP contribution in [0, 0.1) is 12.1 Å². The van der Waals surface area contributed by atoms with E-state index < -0.39 is 0 Å². The second-order valence-electron chi connectivity index (χ2n) is 3.54. The molecule has 18 heavy (non-hydrogen) atoms. The minimum atomic E-state index is -0.262. The minimum Gasteiger partial charge on any atom is -0.233 e. The highest BCUT2D eigenvalue weighted by Crippen LogP contribution is 2.33. The monoisotopic (exact) mass is 276 g/mol. The molecular formula is C12H7FN3S2. The Morgan fingerprint density at radius 1 is 1.17 bits per heavy atom. The Morgan fingerprint density at radius 3 is 2.67 bits per heavy atom. The van der Waals surface area contributed by atoms with E-state index in [4.69, 9.17) is 0 Å². The molecule has 3 rings (SSSR count). The van der Waals surface area contributed by atoms with E-state index in [0.29, 0.717) is 0 Å². The molecule has 0 N–H and O–H groups in total. The molecule has 0 atom stereocenters. The summed E-state index contributed by atoms with van der Waals surface area (Å²) in [5, 5.41) is 0.811. The molecule has 0 amide bonds.